The Balaban J connectivity index is 2.09. The van der Waals surface area contributed by atoms with Crippen LogP contribution in [0.2, 0.25) is 0 Å². The van der Waals surface area contributed by atoms with E-state index in [2.05, 4.69) is 33.1 Å². The van der Waals surface area contributed by atoms with Crippen LogP contribution in [-0.2, 0) is 9.53 Å². The van der Waals surface area contributed by atoms with Crippen molar-refractivity contribution < 1.29 is 9.53 Å². The van der Waals surface area contributed by atoms with Gasteiger partial charge in [-0.15, -0.1) is 0 Å². The smallest absolute Gasteiger partial charge is 0.273 e. The summed E-state index contributed by atoms with van der Waals surface area (Å²) in [6.45, 7) is 1.86. The van der Waals surface area contributed by atoms with Gasteiger partial charge in [0.15, 0.2) is 6.10 Å². The number of carbonyl (C=O) groups excluding carboxylic acids is 1. The summed E-state index contributed by atoms with van der Waals surface area (Å²) in [6, 6.07) is 17.3. The molecule has 0 bridgehead atoms. The highest BCUT2D eigenvalue weighted by atomic mass is 127. The maximum Gasteiger partial charge on any atom is 0.273 e. The molecular weight excluding hydrogens is 391 g/mol. The molecule has 2 aromatic rings. The van der Waals surface area contributed by atoms with Crippen molar-refractivity contribution in [3.63, 3.8) is 0 Å². The van der Waals surface area contributed by atoms with Crippen molar-refractivity contribution in [2.75, 3.05) is 7.11 Å². The second kappa shape index (κ2) is 8.05. The van der Waals surface area contributed by atoms with Crippen molar-refractivity contribution in [3.05, 3.63) is 69.3 Å². The first-order valence-electron chi connectivity index (χ1n) is 6.79. The van der Waals surface area contributed by atoms with Crippen LogP contribution in [0.15, 0.2) is 59.7 Å². The number of rotatable bonds is 5. The van der Waals surface area contributed by atoms with Crippen LogP contribution in [-0.4, -0.2) is 18.7 Å². The minimum absolute atomic E-state index is 0.293. The number of methoxy groups -OCH3 is 1. The van der Waals surface area contributed by atoms with E-state index >= 15 is 0 Å². The van der Waals surface area contributed by atoms with Gasteiger partial charge in [-0.25, -0.2) is 5.43 Å². The Morgan fingerprint density at radius 2 is 1.91 bits per heavy atom. The Labute approximate surface area is 143 Å². The number of hydrogen-bond donors (Lipinski definition) is 1. The Hall–Kier alpha value is -1.73. The highest BCUT2D eigenvalue weighted by Crippen LogP contribution is 2.16. The standard InChI is InChI=1S/C17H17IN2O2/c1-12(14-9-6-10-15(18)11-14)19-20-17(21)16(22-2)13-7-4-3-5-8-13/h3-11,16H,1-2H3,(H,20,21). The van der Waals surface area contributed by atoms with Gasteiger partial charge >= 0.3 is 0 Å². The molecule has 5 heteroatoms. The molecule has 1 N–H and O–H groups in total. The van der Waals surface area contributed by atoms with E-state index in [1.807, 2.05) is 61.5 Å². The number of hydrogen-bond acceptors (Lipinski definition) is 3. The van der Waals surface area contributed by atoms with Crippen LogP contribution in [0.3, 0.4) is 0 Å². The van der Waals surface area contributed by atoms with Crippen LogP contribution in [0.25, 0.3) is 0 Å². The fourth-order valence-corrected chi connectivity index (χ4v) is 2.54. The normalized spacial score (nSPS) is 12.8. The lowest BCUT2D eigenvalue weighted by Crippen LogP contribution is -2.27. The summed E-state index contributed by atoms with van der Waals surface area (Å²) in [5.41, 5.74) is 5.09. The number of nitrogens with zero attached hydrogens (tertiary/aromatic N) is 1. The van der Waals surface area contributed by atoms with Crippen LogP contribution >= 0.6 is 22.6 Å². The topological polar surface area (TPSA) is 50.7 Å². The van der Waals surface area contributed by atoms with Crippen LogP contribution < -0.4 is 5.43 Å². The maximum absolute atomic E-state index is 12.2. The Morgan fingerprint density at radius 1 is 1.18 bits per heavy atom. The van der Waals surface area contributed by atoms with Crippen LogP contribution in [0.5, 0.6) is 0 Å². The molecule has 114 valence electrons. The summed E-state index contributed by atoms with van der Waals surface area (Å²) < 4.78 is 6.39. The van der Waals surface area contributed by atoms with Gasteiger partial charge in [0.1, 0.15) is 0 Å². The average molecular weight is 408 g/mol. The van der Waals surface area contributed by atoms with E-state index in [0.717, 1.165) is 20.4 Å². The molecule has 0 heterocycles. The van der Waals surface area contributed by atoms with E-state index in [9.17, 15) is 4.79 Å². The van der Waals surface area contributed by atoms with E-state index in [1.54, 1.807) is 0 Å². The molecule has 0 fully saturated rings. The number of halogens is 1. The van der Waals surface area contributed by atoms with E-state index in [-0.39, 0.29) is 5.91 Å². The lowest BCUT2D eigenvalue weighted by molar-refractivity contribution is -0.131. The second-order valence-electron chi connectivity index (χ2n) is 4.71. The third kappa shape index (κ3) is 4.38. The fourth-order valence-electron chi connectivity index (χ4n) is 2.00. The molecular formula is C17H17IN2O2. The number of carbonyl (C=O) groups is 1. The van der Waals surface area contributed by atoms with Gasteiger partial charge in [0.25, 0.3) is 5.91 Å². The van der Waals surface area contributed by atoms with E-state index in [1.165, 1.54) is 7.11 Å². The van der Waals surface area contributed by atoms with Crippen molar-refractivity contribution >= 4 is 34.2 Å². The molecule has 0 saturated carbocycles. The minimum atomic E-state index is -0.673. The highest BCUT2D eigenvalue weighted by molar-refractivity contribution is 14.1. The summed E-state index contributed by atoms with van der Waals surface area (Å²) in [5.74, 6) is -0.293. The van der Waals surface area contributed by atoms with Gasteiger partial charge in [-0.3, -0.25) is 4.79 Å². The first kappa shape index (κ1) is 16.6. The van der Waals surface area contributed by atoms with Crippen LogP contribution in [0.1, 0.15) is 24.2 Å². The molecule has 1 unspecified atom stereocenters. The SMILES string of the molecule is COC(C(=O)NN=C(C)c1cccc(I)c1)c1ccccc1. The zero-order valence-corrected chi connectivity index (χ0v) is 14.6. The first-order valence-corrected chi connectivity index (χ1v) is 7.87. The molecule has 1 amide bonds. The second-order valence-corrected chi connectivity index (χ2v) is 5.96. The zero-order valence-electron chi connectivity index (χ0n) is 12.4. The van der Waals surface area contributed by atoms with Gasteiger partial charge in [-0.2, -0.15) is 5.10 Å². The molecule has 0 aromatic heterocycles. The van der Waals surface area contributed by atoms with Crippen molar-refractivity contribution in [3.8, 4) is 0 Å². The van der Waals surface area contributed by atoms with E-state index < -0.39 is 6.10 Å². The van der Waals surface area contributed by atoms with Crippen molar-refractivity contribution in [1.82, 2.24) is 5.43 Å². The largest absolute Gasteiger partial charge is 0.367 e. The summed E-state index contributed by atoms with van der Waals surface area (Å²) >= 11 is 2.24. The predicted molar refractivity (Wildman–Crippen MR) is 95.7 cm³/mol. The van der Waals surface area contributed by atoms with Gasteiger partial charge in [-0.1, -0.05) is 42.5 Å². The van der Waals surface area contributed by atoms with Gasteiger partial charge < -0.3 is 4.74 Å². The first-order chi connectivity index (χ1) is 10.6. The maximum atomic E-state index is 12.2. The highest BCUT2D eigenvalue weighted by Gasteiger charge is 2.19. The molecule has 1 atom stereocenters. The molecule has 2 rings (SSSR count). The minimum Gasteiger partial charge on any atom is -0.367 e. The lowest BCUT2D eigenvalue weighted by atomic mass is 10.1. The molecule has 0 aliphatic heterocycles. The molecule has 0 radical (unpaired) electrons. The molecule has 4 nitrogen and oxygen atoms in total. The number of amides is 1. The summed E-state index contributed by atoms with van der Waals surface area (Å²) in [6.07, 6.45) is -0.673. The number of benzene rings is 2. The third-order valence-electron chi connectivity index (χ3n) is 3.15. The van der Waals surface area contributed by atoms with Gasteiger partial charge in [0, 0.05) is 10.7 Å². The number of nitrogens with one attached hydrogen (secondary N) is 1. The van der Waals surface area contributed by atoms with Crippen molar-refractivity contribution in [2.45, 2.75) is 13.0 Å². The van der Waals surface area contributed by atoms with Gasteiger partial charge in [0.05, 0.1) is 5.71 Å². The summed E-state index contributed by atoms with van der Waals surface area (Å²) in [7, 11) is 1.51. The van der Waals surface area contributed by atoms with Gasteiger partial charge in [-0.05, 0) is 52.8 Å². The molecule has 0 aliphatic carbocycles. The van der Waals surface area contributed by atoms with E-state index in [4.69, 9.17) is 4.74 Å². The Morgan fingerprint density at radius 3 is 2.55 bits per heavy atom. The lowest BCUT2D eigenvalue weighted by Gasteiger charge is -2.14. The average Bonchev–Trinajstić information content (AvgIpc) is 2.54. The molecule has 0 aliphatic rings. The van der Waals surface area contributed by atoms with Crippen molar-refractivity contribution in [2.24, 2.45) is 5.10 Å². The quantitative estimate of drug-likeness (QED) is 0.468. The Bertz CT molecular complexity index is 671. The third-order valence-corrected chi connectivity index (χ3v) is 3.82. The van der Waals surface area contributed by atoms with Crippen molar-refractivity contribution in [1.29, 1.82) is 0 Å². The Kier molecular flexibility index (Phi) is 6.09. The summed E-state index contributed by atoms with van der Waals surface area (Å²) in [5, 5.41) is 4.16. The number of hydrazone groups is 1. The van der Waals surface area contributed by atoms with Gasteiger partial charge in [0.2, 0.25) is 0 Å². The molecule has 0 spiro atoms. The van der Waals surface area contributed by atoms with E-state index in [0.29, 0.717) is 0 Å². The summed E-state index contributed by atoms with van der Waals surface area (Å²) in [4.78, 5) is 12.2. The molecule has 22 heavy (non-hydrogen) atoms. The monoisotopic (exact) mass is 408 g/mol. The predicted octanol–water partition coefficient (Wildman–Crippen LogP) is 3.52. The van der Waals surface area contributed by atoms with Crippen LogP contribution in [0, 0.1) is 3.57 Å². The zero-order chi connectivity index (χ0) is 15.9. The molecule has 0 saturated heterocycles. The number of ether oxygens (including phenoxy) is 1. The van der Waals surface area contributed by atoms with Crippen LogP contribution in [0.4, 0.5) is 0 Å². The fraction of sp³-hybridized carbons (Fsp3) is 0.176. The molecule has 2 aromatic carbocycles.